The molecular weight excluding hydrogens is 296 g/mol. The summed E-state index contributed by atoms with van der Waals surface area (Å²) in [7, 11) is 0. The Hall–Kier alpha value is -2.55. The smallest absolute Gasteiger partial charge is 0.141 e. The third-order valence-electron chi connectivity index (χ3n) is 4.41. The molecule has 2 aromatic carbocycles. The first-order valence-corrected chi connectivity index (χ1v) is 8.56. The molecule has 3 aromatic rings. The maximum Gasteiger partial charge on any atom is 0.141 e. The molecule has 0 aliphatic rings. The van der Waals surface area contributed by atoms with Gasteiger partial charge in [-0.3, -0.25) is 0 Å². The first kappa shape index (κ1) is 16.3. The van der Waals surface area contributed by atoms with Crippen molar-refractivity contribution in [3.8, 4) is 5.75 Å². The van der Waals surface area contributed by atoms with E-state index >= 15 is 0 Å². The highest BCUT2D eigenvalue weighted by Gasteiger charge is 2.09. The molecule has 0 aliphatic carbocycles. The average molecular weight is 320 g/mol. The van der Waals surface area contributed by atoms with E-state index in [9.17, 15) is 5.11 Å². The molecule has 0 fully saturated rings. The Bertz CT molecular complexity index is 846. The molecule has 3 rings (SSSR count). The first-order chi connectivity index (χ1) is 11.6. The molecule has 2 N–H and O–H groups in total. The Morgan fingerprint density at radius 1 is 1.00 bits per heavy atom. The largest absolute Gasteiger partial charge is 0.506 e. The van der Waals surface area contributed by atoms with Crippen LogP contribution in [0.4, 0.5) is 5.69 Å². The Kier molecular flexibility index (Phi) is 4.70. The molecule has 0 radical (unpaired) electrons. The normalized spacial score (nSPS) is 11.0. The number of phenols is 1. The minimum absolute atomic E-state index is 0.230. The number of aryl methyl sites for hydroxylation is 3. The van der Waals surface area contributed by atoms with E-state index in [-0.39, 0.29) is 5.75 Å². The van der Waals surface area contributed by atoms with E-state index in [0.717, 1.165) is 23.9 Å². The minimum Gasteiger partial charge on any atom is -0.506 e. The van der Waals surface area contributed by atoms with Gasteiger partial charge in [0.15, 0.2) is 0 Å². The van der Waals surface area contributed by atoms with Gasteiger partial charge in [-0.2, -0.15) is 0 Å². The van der Waals surface area contributed by atoms with E-state index in [1.165, 1.54) is 22.4 Å². The summed E-state index contributed by atoms with van der Waals surface area (Å²) in [6, 6.07) is 14.0. The van der Waals surface area contributed by atoms with Gasteiger partial charge in [0.25, 0.3) is 0 Å². The fourth-order valence-electron chi connectivity index (χ4n) is 3.18. The van der Waals surface area contributed by atoms with Crippen molar-refractivity contribution in [2.45, 2.75) is 40.2 Å². The Labute approximate surface area is 143 Å². The summed E-state index contributed by atoms with van der Waals surface area (Å²) in [5.74, 6) is 0.230. The molecular formula is C21H24N2O. The zero-order chi connectivity index (χ0) is 17.1. The highest BCUT2D eigenvalue weighted by Crippen LogP contribution is 2.26. The van der Waals surface area contributed by atoms with Crippen LogP contribution in [0.15, 0.2) is 42.5 Å². The molecule has 1 aromatic heterocycles. The van der Waals surface area contributed by atoms with Crippen LogP contribution >= 0.6 is 0 Å². The molecule has 3 nitrogen and oxygen atoms in total. The van der Waals surface area contributed by atoms with Crippen LogP contribution in [0.2, 0.25) is 0 Å². The molecule has 1 heterocycles. The summed E-state index contributed by atoms with van der Waals surface area (Å²) in [6.07, 6.45) is 2.01. The molecule has 0 atom stereocenters. The van der Waals surface area contributed by atoms with Crippen molar-refractivity contribution in [3.63, 3.8) is 0 Å². The van der Waals surface area contributed by atoms with Crippen molar-refractivity contribution in [2.24, 2.45) is 0 Å². The van der Waals surface area contributed by atoms with Gasteiger partial charge in [0.05, 0.1) is 12.2 Å². The third kappa shape index (κ3) is 3.21. The molecule has 0 aliphatic heterocycles. The predicted octanol–water partition coefficient (Wildman–Crippen LogP) is 4.99. The number of rotatable bonds is 5. The minimum atomic E-state index is 0.230. The van der Waals surface area contributed by atoms with E-state index in [0.29, 0.717) is 12.1 Å². The van der Waals surface area contributed by atoms with Gasteiger partial charge in [-0.1, -0.05) is 49.7 Å². The summed E-state index contributed by atoms with van der Waals surface area (Å²) < 4.78 is 0. The monoisotopic (exact) mass is 320 g/mol. The molecule has 24 heavy (non-hydrogen) atoms. The lowest BCUT2D eigenvalue weighted by Crippen LogP contribution is -2.07. The number of benzene rings is 2. The number of phenolic OH excluding ortho intramolecular Hbond substituents is 1. The second kappa shape index (κ2) is 6.91. The topological polar surface area (TPSA) is 45.1 Å². The van der Waals surface area contributed by atoms with Gasteiger partial charge < -0.3 is 10.4 Å². The SMILES string of the molecule is CCc1cc(C)cc(CC)c1NCc1ccc2cccc(O)c2n1. The van der Waals surface area contributed by atoms with E-state index in [1.807, 2.05) is 24.3 Å². The summed E-state index contributed by atoms with van der Waals surface area (Å²) in [4.78, 5) is 4.61. The Morgan fingerprint density at radius 2 is 1.71 bits per heavy atom. The molecule has 0 saturated heterocycles. The maximum atomic E-state index is 9.99. The second-order valence-corrected chi connectivity index (χ2v) is 6.17. The van der Waals surface area contributed by atoms with Crippen molar-refractivity contribution >= 4 is 16.6 Å². The van der Waals surface area contributed by atoms with Crippen LogP contribution in [0.25, 0.3) is 10.9 Å². The first-order valence-electron chi connectivity index (χ1n) is 8.56. The maximum absolute atomic E-state index is 9.99. The zero-order valence-corrected chi connectivity index (χ0v) is 14.6. The quantitative estimate of drug-likeness (QED) is 0.696. The highest BCUT2D eigenvalue weighted by atomic mass is 16.3. The van der Waals surface area contributed by atoms with Crippen LogP contribution in [0.5, 0.6) is 5.75 Å². The predicted molar refractivity (Wildman–Crippen MR) is 101 cm³/mol. The number of nitrogens with one attached hydrogen (secondary N) is 1. The van der Waals surface area contributed by atoms with Crippen molar-refractivity contribution in [2.75, 3.05) is 5.32 Å². The molecule has 124 valence electrons. The van der Waals surface area contributed by atoms with Crippen molar-refractivity contribution < 1.29 is 5.11 Å². The second-order valence-electron chi connectivity index (χ2n) is 6.17. The molecule has 0 bridgehead atoms. The van der Waals surface area contributed by atoms with Crippen LogP contribution in [-0.4, -0.2) is 10.1 Å². The van der Waals surface area contributed by atoms with E-state index in [1.54, 1.807) is 6.07 Å². The van der Waals surface area contributed by atoms with Gasteiger partial charge in [0.1, 0.15) is 11.3 Å². The third-order valence-corrected chi connectivity index (χ3v) is 4.41. The summed E-state index contributed by atoms with van der Waals surface area (Å²) in [6.45, 7) is 7.17. The highest BCUT2D eigenvalue weighted by molar-refractivity contribution is 5.84. The number of hydrogen-bond donors (Lipinski definition) is 2. The number of pyridine rings is 1. The lowest BCUT2D eigenvalue weighted by molar-refractivity contribution is 0.480. The summed E-state index contributed by atoms with van der Waals surface area (Å²) in [5.41, 5.74) is 6.81. The van der Waals surface area contributed by atoms with Gasteiger partial charge >= 0.3 is 0 Å². The van der Waals surface area contributed by atoms with E-state index in [2.05, 4.69) is 43.2 Å². The molecule has 0 spiro atoms. The van der Waals surface area contributed by atoms with Gasteiger partial charge in [-0.15, -0.1) is 0 Å². The van der Waals surface area contributed by atoms with E-state index < -0.39 is 0 Å². The number of hydrogen-bond acceptors (Lipinski definition) is 3. The van der Waals surface area contributed by atoms with Gasteiger partial charge in [0.2, 0.25) is 0 Å². The lowest BCUT2D eigenvalue weighted by Gasteiger charge is -2.17. The van der Waals surface area contributed by atoms with Crippen LogP contribution in [0, 0.1) is 6.92 Å². The number of aromatic hydroxyl groups is 1. The average Bonchev–Trinajstić information content (AvgIpc) is 2.60. The summed E-state index contributed by atoms with van der Waals surface area (Å²) in [5, 5.41) is 14.5. The van der Waals surface area contributed by atoms with Crippen LogP contribution in [0.3, 0.4) is 0 Å². The number of anilines is 1. The number of aromatic nitrogens is 1. The van der Waals surface area contributed by atoms with Crippen LogP contribution in [-0.2, 0) is 19.4 Å². The lowest BCUT2D eigenvalue weighted by atomic mass is 9.99. The van der Waals surface area contributed by atoms with Gasteiger partial charge in [-0.05, 0) is 43.0 Å². The summed E-state index contributed by atoms with van der Waals surface area (Å²) >= 11 is 0. The van der Waals surface area contributed by atoms with Crippen LogP contribution in [0.1, 0.15) is 36.2 Å². The molecule has 0 saturated carbocycles. The molecule has 3 heteroatoms. The fourth-order valence-corrected chi connectivity index (χ4v) is 3.18. The van der Waals surface area contributed by atoms with Gasteiger partial charge in [-0.25, -0.2) is 4.98 Å². The van der Waals surface area contributed by atoms with Gasteiger partial charge in [0, 0.05) is 11.1 Å². The number of para-hydroxylation sites is 1. The van der Waals surface area contributed by atoms with Crippen molar-refractivity contribution in [1.82, 2.24) is 4.98 Å². The Morgan fingerprint density at radius 3 is 2.38 bits per heavy atom. The Balaban J connectivity index is 1.90. The molecule has 0 amide bonds. The zero-order valence-electron chi connectivity index (χ0n) is 14.6. The van der Waals surface area contributed by atoms with Crippen molar-refractivity contribution in [3.05, 3.63) is 64.8 Å². The van der Waals surface area contributed by atoms with Crippen molar-refractivity contribution in [1.29, 1.82) is 0 Å². The van der Waals surface area contributed by atoms with Crippen LogP contribution < -0.4 is 5.32 Å². The molecule has 0 unspecified atom stereocenters. The standard InChI is InChI=1S/C21H24N2O/c1-4-15-11-14(3)12-16(5-2)20(15)22-13-18-10-9-17-7-6-8-19(24)21(17)23-18/h6-12,22,24H,4-5,13H2,1-3H3. The number of fused-ring (bicyclic) bond motifs is 1. The van der Waals surface area contributed by atoms with E-state index in [4.69, 9.17) is 0 Å². The fraction of sp³-hybridized carbons (Fsp3) is 0.286. The number of nitrogens with zero attached hydrogens (tertiary/aromatic N) is 1.